The number of hydrogen-bond donors (Lipinski definition) is 1. The summed E-state index contributed by atoms with van der Waals surface area (Å²) < 4.78 is 24.8. The highest BCUT2D eigenvalue weighted by Crippen LogP contribution is 2.22. The molecule has 0 saturated heterocycles. The number of aromatic nitrogens is 2. The first-order valence-electron chi connectivity index (χ1n) is 6.76. The first-order valence-corrected chi connectivity index (χ1v) is 8.24. The van der Waals surface area contributed by atoms with E-state index in [0.717, 1.165) is 16.8 Å². The minimum atomic E-state index is -3.68. The summed E-state index contributed by atoms with van der Waals surface area (Å²) in [6.45, 7) is 1.89. The van der Waals surface area contributed by atoms with Crippen molar-refractivity contribution in [2.24, 2.45) is 0 Å². The predicted octanol–water partition coefficient (Wildman–Crippen LogP) is 2.79. The summed E-state index contributed by atoms with van der Waals surface area (Å²) in [7, 11) is -3.68. The van der Waals surface area contributed by atoms with Crippen LogP contribution < -0.4 is 4.83 Å². The van der Waals surface area contributed by atoms with Gasteiger partial charge in [-0.25, -0.2) is 0 Å². The van der Waals surface area contributed by atoms with Gasteiger partial charge in [-0.15, -0.1) is 0 Å². The molecule has 0 radical (unpaired) electrons. The van der Waals surface area contributed by atoms with E-state index in [0.29, 0.717) is 0 Å². The van der Waals surface area contributed by atoms with Gasteiger partial charge in [-0.3, -0.25) is 0 Å². The van der Waals surface area contributed by atoms with Crippen LogP contribution in [0.25, 0.3) is 11.3 Å². The summed E-state index contributed by atoms with van der Waals surface area (Å²) >= 11 is 0. The van der Waals surface area contributed by atoms with E-state index in [2.05, 4.69) is 9.93 Å². The SMILES string of the molecule is Cc1cnn(NS(=O)(=O)c2ccccc2)c1-c1ccccc1. The van der Waals surface area contributed by atoms with Crippen LogP contribution in [-0.2, 0) is 10.0 Å². The van der Waals surface area contributed by atoms with E-state index >= 15 is 0 Å². The highest BCUT2D eigenvalue weighted by molar-refractivity contribution is 7.92. The standard InChI is InChI=1S/C16H15N3O2S/c1-13-12-17-19(16(13)14-8-4-2-5-9-14)18-22(20,21)15-10-6-3-7-11-15/h2-12,18H,1H3. The molecule has 0 saturated carbocycles. The van der Waals surface area contributed by atoms with Crippen LogP contribution in [0.2, 0.25) is 0 Å². The Morgan fingerprint density at radius 2 is 1.55 bits per heavy atom. The normalized spacial score (nSPS) is 11.3. The second kappa shape index (κ2) is 5.65. The topological polar surface area (TPSA) is 64.0 Å². The third-order valence-corrected chi connectivity index (χ3v) is 4.57. The lowest BCUT2D eigenvalue weighted by Crippen LogP contribution is -2.25. The Bertz CT molecular complexity index is 872. The first kappa shape index (κ1) is 14.3. The van der Waals surface area contributed by atoms with E-state index in [1.807, 2.05) is 37.3 Å². The van der Waals surface area contributed by atoms with Crippen molar-refractivity contribution in [1.82, 2.24) is 9.89 Å². The van der Waals surface area contributed by atoms with Crippen molar-refractivity contribution < 1.29 is 8.42 Å². The monoisotopic (exact) mass is 313 g/mol. The maximum Gasteiger partial charge on any atom is 0.276 e. The highest BCUT2D eigenvalue weighted by Gasteiger charge is 2.17. The Morgan fingerprint density at radius 1 is 0.955 bits per heavy atom. The number of aryl methyl sites for hydroxylation is 1. The van der Waals surface area contributed by atoms with Crippen LogP contribution in [0.4, 0.5) is 0 Å². The van der Waals surface area contributed by atoms with Gasteiger partial charge < -0.3 is 0 Å². The minimum absolute atomic E-state index is 0.196. The summed E-state index contributed by atoms with van der Waals surface area (Å²) in [5.41, 5.74) is 2.51. The summed E-state index contributed by atoms with van der Waals surface area (Å²) in [4.78, 5) is 4.00. The third kappa shape index (κ3) is 2.73. The van der Waals surface area contributed by atoms with Crippen LogP contribution in [0, 0.1) is 6.92 Å². The second-order valence-electron chi connectivity index (χ2n) is 4.86. The van der Waals surface area contributed by atoms with Gasteiger partial charge in [-0.1, -0.05) is 48.5 Å². The van der Waals surface area contributed by atoms with Gasteiger partial charge >= 0.3 is 0 Å². The molecular weight excluding hydrogens is 298 g/mol. The minimum Gasteiger partial charge on any atom is -0.200 e. The van der Waals surface area contributed by atoms with Crippen molar-refractivity contribution in [2.45, 2.75) is 11.8 Å². The molecule has 5 nitrogen and oxygen atoms in total. The average Bonchev–Trinajstić information content (AvgIpc) is 2.89. The lowest BCUT2D eigenvalue weighted by Gasteiger charge is -2.12. The van der Waals surface area contributed by atoms with E-state index in [1.54, 1.807) is 36.5 Å². The van der Waals surface area contributed by atoms with Crippen molar-refractivity contribution in [3.05, 3.63) is 72.4 Å². The van der Waals surface area contributed by atoms with Gasteiger partial charge in [0.1, 0.15) is 0 Å². The quantitative estimate of drug-likeness (QED) is 0.805. The molecule has 6 heteroatoms. The van der Waals surface area contributed by atoms with Gasteiger partial charge in [-0.2, -0.15) is 23.1 Å². The van der Waals surface area contributed by atoms with Crippen molar-refractivity contribution in [2.75, 3.05) is 4.83 Å². The maximum absolute atomic E-state index is 12.4. The number of nitrogens with one attached hydrogen (secondary N) is 1. The molecule has 0 bridgehead atoms. The van der Waals surface area contributed by atoms with Crippen molar-refractivity contribution in [1.29, 1.82) is 0 Å². The lowest BCUT2D eigenvalue weighted by atomic mass is 10.1. The molecule has 0 spiro atoms. The molecule has 0 aliphatic rings. The maximum atomic E-state index is 12.4. The van der Waals surface area contributed by atoms with E-state index in [1.165, 1.54) is 4.79 Å². The fourth-order valence-corrected chi connectivity index (χ4v) is 3.20. The zero-order valence-electron chi connectivity index (χ0n) is 12.0. The Hall–Kier alpha value is -2.60. The Morgan fingerprint density at radius 3 is 2.18 bits per heavy atom. The first-order chi connectivity index (χ1) is 10.6. The van der Waals surface area contributed by atoms with Gasteiger partial charge in [0.05, 0.1) is 16.8 Å². The molecule has 2 aromatic carbocycles. The van der Waals surface area contributed by atoms with Gasteiger partial charge in [0, 0.05) is 5.56 Å². The molecule has 22 heavy (non-hydrogen) atoms. The van der Waals surface area contributed by atoms with E-state index in [4.69, 9.17) is 0 Å². The van der Waals surface area contributed by atoms with E-state index in [9.17, 15) is 8.42 Å². The van der Waals surface area contributed by atoms with Crippen LogP contribution in [0.5, 0.6) is 0 Å². The molecule has 112 valence electrons. The second-order valence-corrected chi connectivity index (χ2v) is 6.52. The summed E-state index contributed by atoms with van der Waals surface area (Å²) in [5.74, 6) is 0. The van der Waals surface area contributed by atoms with Crippen molar-refractivity contribution in [3.8, 4) is 11.3 Å². The molecule has 0 amide bonds. The summed E-state index contributed by atoms with van der Waals surface area (Å²) in [6, 6.07) is 17.8. The largest absolute Gasteiger partial charge is 0.276 e. The zero-order chi connectivity index (χ0) is 15.6. The highest BCUT2D eigenvalue weighted by atomic mass is 32.2. The van der Waals surface area contributed by atoms with Crippen LogP contribution in [-0.4, -0.2) is 18.3 Å². The van der Waals surface area contributed by atoms with Crippen molar-refractivity contribution >= 4 is 10.0 Å². The Labute approximate surface area is 129 Å². The molecule has 1 aromatic heterocycles. The molecule has 0 aliphatic carbocycles. The number of benzene rings is 2. The fraction of sp³-hybridized carbons (Fsp3) is 0.0625. The molecule has 0 aliphatic heterocycles. The number of nitrogens with zero attached hydrogens (tertiary/aromatic N) is 2. The van der Waals surface area contributed by atoms with Crippen LogP contribution in [0.1, 0.15) is 5.56 Å². The fourth-order valence-electron chi connectivity index (χ4n) is 2.21. The number of hydrogen-bond acceptors (Lipinski definition) is 3. The number of sulfonamides is 1. The van der Waals surface area contributed by atoms with Crippen molar-refractivity contribution in [3.63, 3.8) is 0 Å². The van der Waals surface area contributed by atoms with Gasteiger partial charge in [0.2, 0.25) is 0 Å². The average molecular weight is 313 g/mol. The van der Waals surface area contributed by atoms with Gasteiger partial charge in [-0.05, 0) is 24.6 Å². The van der Waals surface area contributed by atoms with E-state index < -0.39 is 10.0 Å². The number of rotatable bonds is 4. The Kier molecular flexibility index (Phi) is 3.68. The van der Waals surface area contributed by atoms with Crippen LogP contribution in [0.15, 0.2) is 71.8 Å². The molecule has 3 aromatic rings. The Balaban J connectivity index is 2.01. The molecule has 1 N–H and O–H groups in total. The van der Waals surface area contributed by atoms with Crippen LogP contribution >= 0.6 is 0 Å². The molecule has 3 rings (SSSR count). The molecule has 0 fully saturated rings. The van der Waals surface area contributed by atoms with Gasteiger partial charge in [0.25, 0.3) is 10.0 Å². The van der Waals surface area contributed by atoms with Gasteiger partial charge in [0.15, 0.2) is 0 Å². The molecule has 1 heterocycles. The van der Waals surface area contributed by atoms with E-state index in [-0.39, 0.29) is 4.90 Å². The third-order valence-electron chi connectivity index (χ3n) is 3.26. The lowest BCUT2D eigenvalue weighted by molar-refractivity contribution is 0.592. The zero-order valence-corrected chi connectivity index (χ0v) is 12.8. The molecular formula is C16H15N3O2S. The molecule has 0 atom stereocenters. The predicted molar refractivity (Wildman–Crippen MR) is 85.4 cm³/mol. The molecule has 0 unspecified atom stereocenters. The van der Waals surface area contributed by atoms with Crippen LogP contribution in [0.3, 0.4) is 0 Å². The smallest absolute Gasteiger partial charge is 0.200 e. The summed E-state index contributed by atoms with van der Waals surface area (Å²) in [6.07, 6.45) is 1.63. The summed E-state index contributed by atoms with van der Waals surface area (Å²) in [5, 5.41) is 4.13.